The highest BCUT2D eigenvalue weighted by molar-refractivity contribution is 5.27. The van der Waals surface area contributed by atoms with Crippen LogP contribution in [0.2, 0.25) is 0 Å². The first-order valence-corrected chi connectivity index (χ1v) is 8.55. The van der Waals surface area contributed by atoms with Crippen LogP contribution in [0.3, 0.4) is 0 Å². The molecule has 1 aliphatic rings. The van der Waals surface area contributed by atoms with Gasteiger partial charge in [-0.2, -0.15) is 0 Å². The molecule has 1 fully saturated rings. The lowest BCUT2D eigenvalue weighted by molar-refractivity contribution is 0.349. The maximum absolute atomic E-state index is 12.9. The summed E-state index contributed by atoms with van der Waals surface area (Å²) in [5.41, 5.74) is 0.669. The molecule has 2 rings (SSSR count). The van der Waals surface area contributed by atoms with E-state index in [1.807, 2.05) is 27.7 Å². The van der Waals surface area contributed by atoms with E-state index < -0.39 is 0 Å². The van der Waals surface area contributed by atoms with E-state index in [0.29, 0.717) is 0 Å². The number of aromatic hydroxyl groups is 1. The van der Waals surface area contributed by atoms with Crippen molar-refractivity contribution < 1.29 is 5.11 Å². The highest BCUT2D eigenvalue weighted by atomic mass is 16.3. The summed E-state index contributed by atoms with van der Waals surface area (Å²) >= 11 is 0. The van der Waals surface area contributed by atoms with E-state index >= 15 is 0 Å². The first kappa shape index (κ1) is 17.1. The second-order valence-electron chi connectivity index (χ2n) is 6.18. The van der Waals surface area contributed by atoms with Crippen LogP contribution in [0.25, 0.3) is 0 Å². The van der Waals surface area contributed by atoms with Crippen LogP contribution in [0.5, 0.6) is 5.88 Å². The molecule has 2 unspecified atom stereocenters. The van der Waals surface area contributed by atoms with Gasteiger partial charge in [0.15, 0.2) is 0 Å². The predicted octanol–water partition coefficient (Wildman–Crippen LogP) is 2.27. The number of hydrogen-bond acceptors (Lipinski definition) is 4. The van der Waals surface area contributed by atoms with Crippen molar-refractivity contribution >= 4 is 0 Å². The summed E-state index contributed by atoms with van der Waals surface area (Å²) in [6, 6.07) is 0. The van der Waals surface area contributed by atoms with Crippen LogP contribution in [0.1, 0.15) is 77.3 Å². The minimum absolute atomic E-state index is 0.117. The lowest BCUT2D eigenvalue weighted by atomic mass is 10.0. The normalized spacial score (nSPS) is 18.7. The van der Waals surface area contributed by atoms with E-state index in [9.17, 15) is 9.90 Å². The SMILES string of the molecule is CCNC(C)n1c(O)c(C2CCCC2)n(C(C)NCC)c1=O. The quantitative estimate of drug-likeness (QED) is 0.722. The summed E-state index contributed by atoms with van der Waals surface area (Å²) < 4.78 is 3.24. The monoisotopic (exact) mass is 310 g/mol. The number of imidazole rings is 1. The smallest absolute Gasteiger partial charge is 0.333 e. The van der Waals surface area contributed by atoms with Gasteiger partial charge in [-0.3, -0.25) is 15.2 Å². The third-order valence-electron chi connectivity index (χ3n) is 4.64. The van der Waals surface area contributed by atoms with E-state index in [1.165, 1.54) is 17.4 Å². The number of rotatable bonds is 7. The standard InChI is InChI=1S/C16H30N4O2/c1-5-17-11(3)19-14(13-9-7-8-10-13)15(21)20(16(19)22)12(4)18-6-2/h11-13,17-18,21H,5-10H2,1-4H3. The molecule has 1 saturated carbocycles. The fraction of sp³-hybridized carbons (Fsp3) is 0.812. The molecule has 0 bridgehead atoms. The molecular weight excluding hydrogens is 280 g/mol. The van der Waals surface area contributed by atoms with E-state index in [4.69, 9.17) is 0 Å². The zero-order valence-electron chi connectivity index (χ0n) is 14.2. The zero-order valence-corrected chi connectivity index (χ0v) is 14.2. The van der Waals surface area contributed by atoms with Crippen LogP contribution in [-0.4, -0.2) is 27.3 Å². The molecule has 0 amide bonds. The Hall–Kier alpha value is -1.27. The summed E-state index contributed by atoms with van der Waals surface area (Å²) in [7, 11) is 0. The summed E-state index contributed by atoms with van der Waals surface area (Å²) in [6.07, 6.45) is 4.10. The van der Waals surface area contributed by atoms with Gasteiger partial charge in [-0.1, -0.05) is 26.7 Å². The van der Waals surface area contributed by atoms with Gasteiger partial charge in [-0.05, 0) is 39.8 Å². The molecule has 1 aromatic rings. The number of nitrogens with one attached hydrogen (secondary N) is 2. The Morgan fingerprint density at radius 2 is 1.59 bits per heavy atom. The van der Waals surface area contributed by atoms with E-state index in [2.05, 4.69) is 10.6 Å². The molecule has 2 atom stereocenters. The molecule has 1 heterocycles. The van der Waals surface area contributed by atoms with Gasteiger partial charge in [0, 0.05) is 5.92 Å². The molecular formula is C16H30N4O2. The van der Waals surface area contributed by atoms with Crippen molar-refractivity contribution in [3.05, 3.63) is 16.2 Å². The molecule has 6 nitrogen and oxygen atoms in total. The van der Waals surface area contributed by atoms with Crippen molar-refractivity contribution in [1.29, 1.82) is 0 Å². The summed E-state index contributed by atoms with van der Waals surface area (Å²) in [4.78, 5) is 12.9. The maximum Gasteiger partial charge on any atom is 0.333 e. The molecule has 3 N–H and O–H groups in total. The Morgan fingerprint density at radius 1 is 1.09 bits per heavy atom. The Bertz CT molecular complexity index is 543. The summed E-state index contributed by atoms with van der Waals surface area (Å²) in [6.45, 7) is 9.44. The van der Waals surface area contributed by atoms with Crippen LogP contribution in [0, 0.1) is 0 Å². The lowest BCUT2D eigenvalue weighted by Gasteiger charge is -2.19. The first-order chi connectivity index (χ1) is 10.5. The van der Waals surface area contributed by atoms with E-state index in [1.54, 1.807) is 4.57 Å². The van der Waals surface area contributed by atoms with Gasteiger partial charge in [-0.15, -0.1) is 0 Å². The van der Waals surface area contributed by atoms with Gasteiger partial charge in [0.25, 0.3) is 0 Å². The van der Waals surface area contributed by atoms with Gasteiger partial charge >= 0.3 is 5.69 Å². The van der Waals surface area contributed by atoms with Crippen LogP contribution in [0.4, 0.5) is 0 Å². The third kappa shape index (κ3) is 3.08. The fourth-order valence-electron chi connectivity index (χ4n) is 3.62. The summed E-state index contributed by atoms with van der Waals surface area (Å²) in [5, 5.41) is 17.3. The van der Waals surface area contributed by atoms with Crippen molar-refractivity contribution in [3.63, 3.8) is 0 Å². The Kier molecular flexibility index (Phi) is 5.69. The second-order valence-corrected chi connectivity index (χ2v) is 6.18. The van der Waals surface area contributed by atoms with Gasteiger partial charge < -0.3 is 5.11 Å². The number of aromatic nitrogens is 2. The molecule has 0 aliphatic heterocycles. The largest absolute Gasteiger partial charge is 0.493 e. The highest BCUT2D eigenvalue weighted by Gasteiger charge is 2.31. The highest BCUT2D eigenvalue weighted by Crippen LogP contribution is 2.39. The van der Waals surface area contributed by atoms with Crippen molar-refractivity contribution in [3.8, 4) is 5.88 Å². The van der Waals surface area contributed by atoms with Gasteiger partial charge in [0.05, 0.1) is 18.0 Å². The van der Waals surface area contributed by atoms with E-state index in [0.717, 1.165) is 31.6 Å². The maximum atomic E-state index is 12.9. The molecule has 6 heteroatoms. The van der Waals surface area contributed by atoms with Crippen molar-refractivity contribution in [2.45, 2.75) is 71.6 Å². The fourth-order valence-corrected chi connectivity index (χ4v) is 3.62. The van der Waals surface area contributed by atoms with E-state index in [-0.39, 0.29) is 29.8 Å². The minimum Gasteiger partial charge on any atom is -0.493 e. The van der Waals surface area contributed by atoms with Gasteiger partial charge in [-0.25, -0.2) is 9.36 Å². The molecule has 126 valence electrons. The topological polar surface area (TPSA) is 71.2 Å². The van der Waals surface area contributed by atoms with Crippen LogP contribution in [0.15, 0.2) is 4.79 Å². The Morgan fingerprint density at radius 3 is 2.09 bits per heavy atom. The molecule has 0 saturated heterocycles. The van der Waals surface area contributed by atoms with Crippen molar-refractivity contribution in [2.75, 3.05) is 13.1 Å². The Balaban J connectivity index is 2.53. The zero-order chi connectivity index (χ0) is 16.3. The third-order valence-corrected chi connectivity index (χ3v) is 4.64. The molecule has 22 heavy (non-hydrogen) atoms. The summed E-state index contributed by atoms with van der Waals surface area (Å²) in [5.74, 6) is 0.416. The Labute approximate surface area is 132 Å². The number of nitrogens with zero attached hydrogens (tertiary/aromatic N) is 2. The predicted molar refractivity (Wildman–Crippen MR) is 88.3 cm³/mol. The average molecular weight is 310 g/mol. The van der Waals surface area contributed by atoms with Gasteiger partial charge in [0.2, 0.25) is 5.88 Å². The number of hydrogen-bond donors (Lipinski definition) is 3. The first-order valence-electron chi connectivity index (χ1n) is 8.55. The lowest BCUT2D eigenvalue weighted by Crippen LogP contribution is -2.37. The molecule has 0 aromatic carbocycles. The van der Waals surface area contributed by atoms with Crippen LogP contribution >= 0.6 is 0 Å². The molecule has 1 aromatic heterocycles. The van der Waals surface area contributed by atoms with Crippen molar-refractivity contribution in [2.24, 2.45) is 0 Å². The molecule has 0 spiro atoms. The second kappa shape index (κ2) is 7.33. The van der Waals surface area contributed by atoms with Crippen LogP contribution < -0.4 is 16.3 Å². The average Bonchev–Trinajstić information content (AvgIpc) is 3.05. The van der Waals surface area contributed by atoms with Crippen molar-refractivity contribution in [1.82, 2.24) is 19.8 Å². The minimum atomic E-state index is -0.215. The van der Waals surface area contributed by atoms with Gasteiger partial charge in [0.1, 0.15) is 0 Å². The van der Waals surface area contributed by atoms with Crippen LogP contribution in [-0.2, 0) is 0 Å². The molecule has 1 aliphatic carbocycles. The molecule has 0 radical (unpaired) electrons.